The second-order valence-corrected chi connectivity index (χ2v) is 4.95. The van der Waals surface area contributed by atoms with Crippen LogP contribution in [0.4, 0.5) is 4.79 Å². The number of aliphatic hydroxyl groups is 1. The molecule has 0 aromatic heterocycles. The number of unbranched alkanes of at least 4 members (excludes halogenated alkanes) is 1. The van der Waals surface area contributed by atoms with E-state index in [1.807, 2.05) is 30.3 Å². The van der Waals surface area contributed by atoms with Gasteiger partial charge in [-0.1, -0.05) is 30.3 Å². The number of urea groups is 1. The molecule has 0 radical (unpaired) electrons. The summed E-state index contributed by atoms with van der Waals surface area (Å²) in [7, 11) is 1.66. The molecule has 0 fully saturated rings. The predicted molar refractivity (Wildman–Crippen MR) is 78.5 cm³/mol. The molecule has 0 aliphatic heterocycles. The van der Waals surface area contributed by atoms with Crippen molar-refractivity contribution in [1.82, 2.24) is 10.6 Å². The van der Waals surface area contributed by atoms with E-state index in [-0.39, 0.29) is 12.6 Å². The largest absolute Gasteiger partial charge is 0.385 e. The maximum atomic E-state index is 11.6. The summed E-state index contributed by atoms with van der Waals surface area (Å²) in [4.78, 5) is 11.6. The molecular weight excluding hydrogens is 256 g/mol. The van der Waals surface area contributed by atoms with Crippen molar-refractivity contribution in [2.24, 2.45) is 0 Å². The molecule has 0 saturated heterocycles. The van der Waals surface area contributed by atoms with Gasteiger partial charge in [-0.2, -0.15) is 0 Å². The smallest absolute Gasteiger partial charge is 0.314 e. The van der Waals surface area contributed by atoms with E-state index < -0.39 is 5.60 Å². The van der Waals surface area contributed by atoms with Gasteiger partial charge in [-0.25, -0.2) is 4.79 Å². The van der Waals surface area contributed by atoms with Crippen LogP contribution in [0.15, 0.2) is 30.3 Å². The summed E-state index contributed by atoms with van der Waals surface area (Å²) in [6.07, 6.45) is 1.79. The van der Waals surface area contributed by atoms with E-state index in [4.69, 9.17) is 4.74 Å². The van der Waals surface area contributed by atoms with Crippen molar-refractivity contribution >= 4 is 6.03 Å². The molecule has 0 aliphatic rings. The third kappa shape index (κ3) is 6.04. The topological polar surface area (TPSA) is 70.6 Å². The molecule has 2 amide bonds. The van der Waals surface area contributed by atoms with Crippen molar-refractivity contribution in [3.8, 4) is 0 Å². The number of carbonyl (C=O) groups excluding carboxylic acids is 1. The van der Waals surface area contributed by atoms with Gasteiger partial charge in [0.2, 0.25) is 0 Å². The average Bonchev–Trinajstić information content (AvgIpc) is 2.46. The van der Waals surface area contributed by atoms with E-state index in [0.29, 0.717) is 13.2 Å². The molecular formula is C15H24N2O3. The van der Waals surface area contributed by atoms with Crippen molar-refractivity contribution in [2.75, 3.05) is 26.8 Å². The highest BCUT2D eigenvalue weighted by molar-refractivity contribution is 5.73. The van der Waals surface area contributed by atoms with Crippen molar-refractivity contribution in [1.29, 1.82) is 0 Å². The Kier molecular flexibility index (Phi) is 7.04. The normalized spacial score (nSPS) is 13.6. The summed E-state index contributed by atoms with van der Waals surface area (Å²) >= 11 is 0. The summed E-state index contributed by atoms with van der Waals surface area (Å²) in [5, 5.41) is 15.7. The number of hydrogen-bond donors (Lipinski definition) is 3. The molecule has 1 unspecified atom stereocenters. The predicted octanol–water partition coefficient (Wildman–Crippen LogP) is 1.62. The van der Waals surface area contributed by atoms with Gasteiger partial charge >= 0.3 is 6.03 Å². The molecule has 3 N–H and O–H groups in total. The SMILES string of the molecule is COCCCCNC(=O)NCC(C)(O)c1ccccc1. The molecule has 0 spiro atoms. The van der Waals surface area contributed by atoms with Crippen LogP contribution < -0.4 is 10.6 Å². The first-order chi connectivity index (χ1) is 9.56. The fourth-order valence-electron chi connectivity index (χ4n) is 1.79. The van der Waals surface area contributed by atoms with Crippen molar-refractivity contribution in [3.63, 3.8) is 0 Å². The van der Waals surface area contributed by atoms with E-state index in [1.54, 1.807) is 14.0 Å². The summed E-state index contributed by atoms with van der Waals surface area (Å²) in [5.74, 6) is 0. The van der Waals surface area contributed by atoms with Crippen LogP contribution in [0.1, 0.15) is 25.3 Å². The molecule has 0 heterocycles. The molecule has 0 saturated carbocycles. The minimum absolute atomic E-state index is 0.168. The second-order valence-electron chi connectivity index (χ2n) is 4.95. The summed E-state index contributed by atoms with van der Waals surface area (Å²) < 4.78 is 4.93. The fourth-order valence-corrected chi connectivity index (χ4v) is 1.79. The van der Waals surface area contributed by atoms with E-state index in [1.165, 1.54) is 0 Å². The van der Waals surface area contributed by atoms with Crippen LogP contribution in [0.25, 0.3) is 0 Å². The van der Waals surface area contributed by atoms with Crippen molar-refractivity contribution in [3.05, 3.63) is 35.9 Å². The summed E-state index contributed by atoms with van der Waals surface area (Å²) in [5.41, 5.74) is -0.297. The van der Waals surface area contributed by atoms with Gasteiger partial charge in [-0.3, -0.25) is 0 Å². The lowest BCUT2D eigenvalue weighted by atomic mass is 9.96. The minimum Gasteiger partial charge on any atom is -0.385 e. The maximum absolute atomic E-state index is 11.6. The lowest BCUT2D eigenvalue weighted by Gasteiger charge is -2.24. The first kappa shape index (κ1) is 16.5. The molecule has 1 atom stereocenters. The van der Waals surface area contributed by atoms with Crippen LogP contribution in [0.3, 0.4) is 0 Å². The molecule has 1 aromatic carbocycles. The van der Waals surface area contributed by atoms with Crippen LogP contribution in [-0.4, -0.2) is 37.9 Å². The first-order valence-corrected chi connectivity index (χ1v) is 6.85. The van der Waals surface area contributed by atoms with E-state index in [9.17, 15) is 9.90 Å². The summed E-state index contributed by atoms with van der Waals surface area (Å²) in [6.45, 7) is 3.15. The van der Waals surface area contributed by atoms with Crippen LogP contribution >= 0.6 is 0 Å². The molecule has 112 valence electrons. The number of ether oxygens (including phenoxy) is 1. The Morgan fingerprint density at radius 3 is 2.60 bits per heavy atom. The van der Waals surface area contributed by atoms with Gasteiger partial charge in [0.1, 0.15) is 5.60 Å². The highest BCUT2D eigenvalue weighted by Gasteiger charge is 2.23. The van der Waals surface area contributed by atoms with Crippen molar-refractivity contribution < 1.29 is 14.6 Å². The number of methoxy groups -OCH3 is 1. The van der Waals surface area contributed by atoms with Crippen LogP contribution in [0, 0.1) is 0 Å². The lowest BCUT2D eigenvalue weighted by molar-refractivity contribution is 0.0594. The minimum atomic E-state index is -1.07. The first-order valence-electron chi connectivity index (χ1n) is 6.85. The second kappa shape index (κ2) is 8.55. The van der Waals surface area contributed by atoms with Gasteiger partial charge in [0.15, 0.2) is 0 Å². The Bertz CT molecular complexity index is 393. The number of carbonyl (C=O) groups is 1. The number of nitrogens with one attached hydrogen (secondary N) is 2. The number of rotatable bonds is 8. The Morgan fingerprint density at radius 1 is 1.25 bits per heavy atom. The molecule has 1 aromatic rings. The van der Waals surface area contributed by atoms with Crippen LogP contribution in [0.5, 0.6) is 0 Å². The fraction of sp³-hybridized carbons (Fsp3) is 0.533. The Labute approximate surface area is 120 Å². The highest BCUT2D eigenvalue weighted by Crippen LogP contribution is 2.18. The monoisotopic (exact) mass is 280 g/mol. The Hall–Kier alpha value is -1.59. The van der Waals surface area contributed by atoms with Gasteiger partial charge in [0.25, 0.3) is 0 Å². The van der Waals surface area contributed by atoms with Gasteiger partial charge in [-0.05, 0) is 25.3 Å². The summed E-state index contributed by atoms with van der Waals surface area (Å²) in [6, 6.07) is 9.02. The lowest BCUT2D eigenvalue weighted by Crippen LogP contribution is -2.43. The molecule has 0 bridgehead atoms. The third-order valence-corrected chi connectivity index (χ3v) is 3.05. The zero-order valence-corrected chi connectivity index (χ0v) is 12.2. The van der Waals surface area contributed by atoms with Crippen molar-refractivity contribution in [2.45, 2.75) is 25.4 Å². The van der Waals surface area contributed by atoms with Crippen LogP contribution in [-0.2, 0) is 10.3 Å². The third-order valence-electron chi connectivity index (χ3n) is 3.05. The van der Waals surface area contributed by atoms with E-state index >= 15 is 0 Å². The van der Waals surface area contributed by atoms with E-state index in [2.05, 4.69) is 10.6 Å². The van der Waals surface area contributed by atoms with Crippen LogP contribution in [0.2, 0.25) is 0 Å². The maximum Gasteiger partial charge on any atom is 0.314 e. The highest BCUT2D eigenvalue weighted by atomic mass is 16.5. The zero-order chi connectivity index (χ0) is 14.8. The zero-order valence-electron chi connectivity index (χ0n) is 12.2. The van der Waals surface area contributed by atoms with E-state index in [0.717, 1.165) is 18.4 Å². The van der Waals surface area contributed by atoms with Gasteiger partial charge in [0, 0.05) is 20.3 Å². The standard InChI is InChI=1S/C15H24N2O3/c1-15(19,13-8-4-3-5-9-13)12-17-14(18)16-10-6-7-11-20-2/h3-5,8-9,19H,6-7,10-12H2,1-2H3,(H2,16,17,18). The van der Waals surface area contributed by atoms with Gasteiger partial charge in [0.05, 0.1) is 6.54 Å². The molecule has 0 aliphatic carbocycles. The number of benzene rings is 1. The molecule has 5 nitrogen and oxygen atoms in total. The Morgan fingerprint density at radius 2 is 1.95 bits per heavy atom. The number of hydrogen-bond acceptors (Lipinski definition) is 3. The number of amides is 2. The van der Waals surface area contributed by atoms with Gasteiger partial charge < -0.3 is 20.5 Å². The average molecular weight is 280 g/mol. The molecule has 20 heavy (non-hydrogen) atoms. The Balaban J connectivity index is 2.26. The molecule has 1 rings (SSSR count). The quantitative estimate of drug-likeness (QED) is 0.634. The molecule has 5 heteroatoms. The van der Waals surface area contributed by atoms with Gasteiger partial charge in [-0.15, -0.1) is 0 Å².